The molecule has 7 heteroatoms. The Morgan fingerprint density at radius 2 is 1.76 bits per heavy atom. The van der Waals surface area contributed by atoms with E-state index < -0.39 is 41.5 Å². The summed E-state index contributed by atoms with van der Waals surface area (Å²) in [5, 5.41) is 9.67. The maximum atomic E-state index is 13.2. The van der Waals surface area contributed by atoms with Gasteiger partial charge in [-0.2, -0.15) is 0 Å². The summed E-state index contributed by atoms with van der Waals surface area (Å²) in [6, 6.07) is -0.257. The molecular weight excluding hydrogens is 374 g/mol. The molecule has 4 atom stereocenters. The lowest BCUT2D eigenvalue weighted by atomic mass is 9.81. The number of carbonyl (C=O) groups is 2. The SMILES string of the molecule is CC(C)(C)OC(=O)N1[C@@H](CC2CCCCC2)[C@H]([C@@H]2OCC[C@H]2C(=O)O)OC1(C)C. The molecule has 0 unspecified atom stereocenters. The fraction of sp³-hybridized carbons (Fsp3) is 0.909. The summed E-state index contributed by atoms with van der Waals surface area (Å²) in [5.74, 6) is -0.965. The summed E-state index contributed by atoms with van der Waals surface area (Å²) in [7, 11) is 0. The van der Waals surface area contributed by atoms with Gasteiger partial charge in [-0.25, -0.2) is 4.79 Å². The van der Waals surface area contributed by atoms with Crippen LogP contribution in [0.5, 0.6) is 0 Å². The highest BCUT2D eigenvalue weighted by Crippen LogP contribution is 2.43. The summed E-state index contributed by atoms with van der Waals surface area (Å²) >= 11 is 0. The largest absolute Gasteiger partial charge is 0.481 e. The third kappa shape index (κ3) is 5.05. The Labute approximate surface area is 174 Å². The second-order valence-electron chi connectivity index (χ2n) is 10.3. The predicted molar refractivity (Wildman–Crippen MR) is 107 cm³/mol. The van der Waals surface area contributed by atoms with Gasteiger partial charge in [-0.1, -0.05) is 32.1 Å². The first-order chi connectivity index (χ1) is 13.5. The van der Waals surface area contributed by atoms with E-state index in [1.807, 2.05) is 34.6 Å². The van der Waals surface area contributed by atoms with Crippen molar-refractivity contribution in [2.45, 2.75) is 109 Å². The number of aliphatic carboxylic acids is 1. The molecule has 2 heterocycles. The van der Waals surface area contributed by atoms with E-state index in [0.29, 0.717) is 18.9 Å². The van der Waals surface area contributed by atoms with Gasteiger partial charge >= 0.3 is 12.1 Å². The van der Waals surface area contributed by atoms with E-state index in [2.05, 4.69) is 0 Å². The van der Waals surface area contributed by atoms with Crippen molar-refractivity contribution >= 4 is 12.1 Å². The first-order valence-corrected chi connectivity index (χ1v) is 11.0. The molecule has 29 heavy (non-hydrogen) atoms. The van der Waals surface area contributed by atoms with Crippen molar-refractivity contribution in [3.8, 4) is 0 Å². The minimum Gasteiger partial charge on any atom is -0.481 e. The number of hydrogen-bond acceptors (Lipinski definition) is 5. The summed E-state index contributed by atoms with van der Waals surface area (Å²) < 4.78 is 17.9. The first kappa shape index (κ1) is 22.3. The van der Waals surface area contributed by atoms with Gasteiger partial charge in [-0.15, -0.1) is 0 Å². The Kier molecular flexibility index (Phi) is 6.49. The molecule has 1 amide bonds. The van der Waals surface area contributed by atoms with Crippen LogP contribution in [0.3, 0.4) is 0 Å². The van der Waals surface area contributed by atoms with E-state index in [1.54, 1.807) is 4.90 Å². The zero-order chi connectivity index (χ0) is 21.4. The molecule has 3 fully saturated rings. The van der Waals surface area contributed by atoms with Crippen LogP contribution in [0.4, 0.5) is 4.79 Å². The lowest BCUT2D eigenvalue weighted by Crippen LogP contribution is -2.52. The minimum absolute atomic E-state index is 0.257. The number of carboxylic acids is 1. The fourth-order valence-corrected chi connectivity index (χ4v) is 5.17. The number of hydrogen-bond donors (Lipinski definition) is 1. The Balaban J connectivity index is 1.89. The van der Waals surface area contributed by atoms with Crippen LogP contribution in [0.2, 0.25) is 0 Å². The first-order valence-electron chi connectivity index (χ1n) is 11.0. The molecule has 0 aromatic heterocycles. The van der Waals surface area contributed by atoms with E-state index in [0.717, 1.165) is 19.3 Å². The van der Waals surface area contributed by atoms with Crippen LogP contribution in [0.15, 0.2) is 0 Å². The molecule has 1 N–H and O–H groups in total. The van der Waals surface area contributed by atoms with Crippen LogP contribution in [0.25, 0.3) is 0 Å². The Bertz CT molecular complexity index is 607. The van der Waals surface area contributed by atoms with Crippen LogP contribution in [-0.4, -0.2) is 58.3 Å². The quantitative estimate of drug-likeness (QED) is 0.747. The van der Waals surface area contributed by atoms with Gasteiger partial charge in [-0.05, 0) is 53.4 Å². The van der Waals surface area contributed by atoms with Crippen molar-refractivity contribution in [2.24, 2.45) is 11.8 Å². The fourth-order valence-electron chi connectivity index (χ4n) is 5.17. The number of carboxylic acid groups (broad SMARTS) is 1. The topological polar surface area (TPSA) is 85.3 Å². The average molecular weight is 412 g/mol. The molecule has 3 aliphatic rings. The standard InChI is InChI=1S/C22H37NO6/c1-21(2,3)29-20(26)23-16(13-14-9-7-6-8-10-14)18(28-22(23,4)5)17-15(19(24)25)11-12-27-17/h14-18H,6-13H2,1-5H3,(H,24,25)/t15-,16+,17-,18-/m1/s1. The van der Waals surface area contributed by atoms with Crippen molar-refractivity contribution in [1.82, 2.24) is 4.90 Å². The van der Waals surface area contributed by atoms with E-state index in [9.17, 15) is 14.7 Å². The number of carbonyl (C=O) groups excluding carboxylic acids is 1. The number of amides is 1. The number of rotatable bonds is 4. The molecule has 0 spiro atoms. The zero-order valence-corrected chi connectivity index (χ0v) is 18.5. The average Bonchev–Trinajstić information content (AvgIpc) is 3.16. The zero-order valence-electron chi connectivity index (χ0n) is 18.5. The molecule has 166 valence electrons. The van der Waals surface area contributed by atoms with Gasteiger partial charge in [0.25, 0.3) is 0 Å². The maximum absolute atomic E-state index is 13.2. The van der Waals surface area contributed by atoms with Gasteiger partial charge in [0.15, 0.2) is 0 Å². The Morgan fingerprint density at radius 3 is 2.34 bits per heavy atom. The molecule has 0 aromatic rings. The molecule has 0 radical (unpaired) electrons. The monoisotopic (exact) mass is 411 g/mol. The van der Waals surface area contributed by atoms with Crippen molar-refractivity contribution in [3.63, 3.8) is 0 Å². The lowest BCUT2D eigenvalue weighted by molar-refractivity contribution is -0.150. The highest BCUT2D eigenvalue weighted by Gasteiger charge is 2.57. The lowest BCUT2D eigenvalue weighted by Gasteiger charge is -2.37. The number of nitrogens with zero attached hydrogens (tertiary/aromatic N) is 1. The van der Waals surface area contributed by atoms with Gasteiger partial charge < -0.3 is 19.3 Å². The second-order valence-corrected chi connectivity index (χ2v) is 10.3. The number of ether oxygens (including phenoxy) is 3. The van der Waals surface area contributed by atoms with Crippen molar-refractivity contribution in [2.75, 3.05) is 6.61 Å². The molecule has 2 aliphatic heterocycles. The van der Waals surface area contributed by atoms with Gasteiger partial charge in [0.05, 0.1) is 18.1 Å². The highest BCUT2D eigenvalue weighted by molar-refractivity contribution is 5.72. The summed E-state index contributed by atoms with van der Waals surface area (Å²) in [6.07, 6.45) is 5.79. The highest BCUT2D eigenvalue weighted by atomic mass is 16.6. The molecule has 0 aromatic carbocycles. The van der Waals surface area contributed by atoms with E-state index in [-0.39, 0.29) is 6.04 Å². The van der Waals surface area contributed by atoms with Gasteiger partial charge in [0, 0.05) is 6.61 Å². The maximum Gasteiger partial charge on any atom is 0.412 e. The predicted octanol–water partition coefficient (Wildman–Crippen LogP) is 4.19. The molecule has 7 nitrogen and oxygen atoms in total. The van der Waals surface area contributed by atoms with Gasteiger partial charge in [-0.3, -0.25) is 9.69 Å². The van der Waals surface area contributed by atoms with Gasteiger partial charge in [0.2, 0.25) is 0 Å². The van der Waals surface area contributed by atoms with Crippen molar-refractivity contribution in [3.05, 3.63) is 0 Å². The summed E-state index contributed by atoms with van der Waals surface area (Å²) in [4.78, 5) is 26.7. The van der Waals surface area contributed by atoms with Crippen LogP contribution in [0, 0.1) is 11.8 Å². The van der Waals surface area contributed by atoms with Crippen molar-refractivity contribution < 1.29 is 28.9 Å². The van der Waals surface area contributed by atoms with Crippen LogP contribution >= 0.6 is 0 Å². The van der Waals surface area contributed by atoms with Crippen LogP contribution in [-0.2, 0) is 19.0 Å². The smallest absolute Gasteiger partial charge is 0.412 e. The van der Waals surface area contributed by atoms with Crippen LogP contribution < -0.4 is 0 Å². The van der Waals surface area contributed by atoms with Gasteiger partial charge in [0.1, 0.15) is 17.4 Å². The normalized spacial score (nSPS) is 33.1. The van der Waals surface area contributed by atoms with E-state index in [4.69, 9.17) is 14.2 Å². The summed E-state index contributed by atoms with van der Waals surface area (Å²) in [5.41, 5.74) is -1.50. The molecular formula is C22H37NO6. The molecule has 1 aliphatic carbocycles. The minimum atomic E-state index is -0.888. The molecule has 2 saturated heterocycles. The Hall–Kier alpha value is -1.34. The Morgan fingerprint density at radius 1 is 1.10 bits per heavy atom. The molecule has 0 bridgehead atoms. The molecule has 1 saturated carbocycles. The van der Waals surface area contributed by atoms with Crippen LogP contribution in [0.1, 0.15) is 79.6 Å². The van der Waals surface area contributed by atoms with E-state index >= 15 is 0 Å². The second kappa shape index (κ2) is 8.42. The van der Waals surface area contributed by atoms with E-state index in [1.165, 1.54) is 19.3 Å². The molecule has 3 rings (SSSR count). The third-order valence-corrected chi connectivity index (χ3v) is 6.38. The summed E-state index contributed by atoms with van der Waals surface area (Å²) in [6.45, 7) is 9.67. The third-order valence-electron chi connectivity index (χ3n) is 6.38. The van der Waals surface area contributed by atoms with Crippen molar-refractivity contribution in [1.29, 1.82) is 0 Å².